The Hall–Kier alpha value is -1.59. The third kappa shape index (κ3) is 4.49. The molecule has 2 saturated carbocycles. The molecule has 2 aliphatic rings. The first-order chi connectivity index (χ1) is 11.7. The third-order valence-corrected chi connectivity index (χ3v) is 5.12. The molecule has 2 fully saturated rings. The van der Waals surface area contributed by atoms with Crippen molar-refractivity contribution in [3.63, 3.8) is 0 Å². The van der Waals surface area contributed by atoms with Gasteiger partial charge in [0, 0.05) is 17.9 Å². The third-order valence-electron chi connectivity index (χ3n) is 5.12. The molecule has 0 aliphatic heterocycles. The van der Waals surface area contributed by atoms with Gasteiger partial charge in [-0.15, -0.1) is 0 Å². The van der Waals surface area contributed by atoms with Gasteiger partial charge in [0.25, 0.3) is 0 Å². The molecule has 4 rings (SSSR count). The summed E-state index contributed by atoms with van der Waals surface area (Å²) in [6.45, 7) is 0. The van der Waals surface area contributed by atoms with Crippen LogP contribution in [0.25, 0.3) is 0 Å². The fourth-order valence-corrected chi connectivity index (χ4v) is 3.79. The number of nitrogens with zero attached hydrogens (tertiary/aromatic N) is 4. The average molecular weight is 328 g/mol. The second kappa shape index (κ2) is 8.49. The summed E-state index contributed by atoms with van der Waals surface area (Å²) < 4.78 is 16.6. The van der Waals surface area contributed by atoms with Gasteiger partial charge in [0.15, 0.2) is 0 Å². The second-order valence-electron chi connectivity index (χ2n) is 6.90. The van der Waals surface area contributed by atoms with Crippen LogP contribution in [0.4, 0.5) is 4.39 Å². The summed E-state index contributed by atoms with van der Waals surface area (Å²) in [5, 5.41) is 8.21. The summed E-state index contributed by atoms with van der Waals surface area (Å²) in [5.41, 5.74) is 0.639. The van der Waals surface area contributed by atoms with Gasteiger partial charge in [-0.05, 0) is 31.7 Å². The van der Waals surface area contributed by atoms with E-state index in [1.54, 1.807) is 0 Å². The van der Waals surface area contributed by atoms with E-state index in [0.29, 0.717) is 17.7 Å². The van der Waals surface area contributed by atoms with Crippen molar-refractivity contribution in [2.45, 2.75) is 76.3 Å². The number of aromatic nitrogens is 4. The fraction of sp³-hybridized carbons (Fsp3) is 0.667. The lowest BCUT2D eigenvalue weighted by Gasteiger charge is -2.21. The zero-order valence-electron chi connectivity index (χ0n) is 14.3. The van der Waals surface area contributed by atoms with Gasteiger partial charge in [-0.2, -0.15) is 14.6 Å². The molecule has 2 aromatic heterocycles. The van der Waals surface area contributed by atoms with Gasteiger partial charge >= 0.3 is 0 Å². The van der Waals surface area contributed by atoms with Crippen LogP contribution in [0, 0.1) is 5.95 Å². The molecule has 0 unspecified atom stereocenters. The molecule has 4 nitrogen and oxygen atoms in total. The molecule has 128 valence electrons. The van der Waals surface area contributed by atoms with Gasteiger partial charge in [0.2, 0.25) is 5.95 Å². The molecule has 0 bridgehead atoms. The largest absolute Gasteiger partial charge is 0.270 e. The van der Waals surface area contributed by atoms with Gasteiger partial charge in [0.05, 0.1) is 18.3 Å². The molecule has 24 heavy (non-hydrogen) atoms. The van der Waals surface area contributed by atoms with E-state index in [0.717, 1.165) is 12.8 Å². The maximum atomic E-state index is 13.0. The minimum Gasteiger partial charge on any atom is -0.270 e. The molecule has 2 aliphatic carbocycles. The Morgan fingerprint density at radius 1 is 0.917 bits per heavy atom. The van der Waals surface area contributed by atoms with Gasteiger partial charge < -0.3 is 0 Å². The molecule has 2 heterocycles. The van der Waals surface area contributed by atoms with E-state index in [4.69, 9.17) is 7.85 Å². The van der Waals surface area contributed by atoms with E-state index >= 15 is 0 Å². The van der Waals surface area contributed by atoms with Gasteiger partial charge in [0.1, 0.15) is 7.85 Å². The van der Waals surface area contributed by atoms with Crippen LogP contribution in [0.1, 0.15) is 76.3 Å². The maximum Gasteiger partial charge on any atom is 0.211 e. The van der Waals surface area contributed by atoms with E-state index in [2.05, 4.69) is 10.2 Å². The smallest absolute Gasteiger partial charge is 0.211 e. The minimum atomic E-state index is -0.193. The summed E-state index contributed by atoms with van der Waals surface area (Å²) >= 11 is 0. The molecule has 0 amide bonds. The lowest BCUT2D eigenvalue weighted by molar-refractivity contribution is 0.293. The standard InChI is InChI=1S/C9H13BN2.C9H13FN2/c10-9-6-7-12(11-9)8-4-2-1-3-5-8;10-9-6-7-11-12(9)8-4-2-1-3-5-8/h2*6-8H,1-5H2. The fourth-order valence-electron chi connectivity index (χ4n) is 3.79. The van der Waals surface area contributed by atoms with Crippen molar-refractivity contribution in [2.24, 2.45) is 0 Å². The number of halogens is 1. The summed E-state index contributed by atoms with van der Waals surface area (Å²) in [7, 11) is 5.55. The maximum absolute atomic E-state index is 13.0. The van der Waals surface area contributed by atoms with Crippen LogP contribution in [-0.4, -0.2) is 27.4 Å². The predicted octanol–water partition coefficient (Wildman–Crippen LogP) is 3.71. The van der Waals surface area contributed by atoms with Crippen LogP contribution in [0.2, 0.25) is 0 Å². The molecule has 0 saturated heterocycles. The molecule has 0 N–H and O–H groups in total. The van der Waals surface area contributed by atoms with E-state index in [1.807, 2.05) is 16.9 Å². The van der Waals surface area contributed by atoms with Gasteiger partial charge in [-0.3, -0.25) is 4.68 Å². The SMILES string of the molecule is Fc1ccnn1C1CCCCC1.[B]c1ccn(C2CCCCC2)n1. The molecule has 0 atom stereocenters. The molecule has 2 radical (unpaired) electrons. The Labute approximate surface area is 144 Å². The van der Waals surface area contributed by atoms with E-state index in [-0.39, 0.29) is 5.95 Å². The second-order valence-corrected chi connectivity index (χ2v) is 6.90. The first kappa shape index (κ1) is 17.2. The highest BCUT2D eigenvalue weighted by atomic mass is 19.1. The Morgan fingerprint density at radius 3 is 2.04 bits per heavy atom. The first-order valence-electron chi connectivity index (χ1n) is 9.23. The first-order valence-corrected chi connectivity index (χ1v) is 9.23. The number of hydrogen-bond donors (Lipinski definition) is 0. The van der Waals surface area contributed by atoms with Crippen molar-refractivity contribution in [1.29, 1.82) is 0 Å². The van der Waals surface area contributed by atoms with Crippen molar-refractivity contribution in [3.8, 4) is 0 Å². The van der Waals surface area contributed by atoms with Crippen molar-refractivity contribution in [1.82, 2.24) is 19.6 Å². The van der Waals surface area contributed by atoms with Crippen LogP contribution >= 0.6 is 0 Å². The van der Waals surface area contributed by atoms with Crippen LogP contribution in [0.15, 0.2) is 24.5 Å². The molecule has 0 spiro atoms. The summed E-state index contributed by atoms with van der Waals surface area (Å²) in [4.78, 5) is 0. The van der Waals surface area contributed by atoms with Crippen LogP contribution in [0.5, 0.6) is 0 Å². The predicted molar refractivity (Wildman–Crippen MR) is 94.0 cm³/mol. The monoisotopic (exact) mass is 328 g/mol. The highest BCUT2D eigenvalue weighted by molar-refractivity contribution is 6.30. The summed E-state index contributed by atoms with van der Waals surface area (Å²) in [6.07, 6.45) is 16.0. The summed E-state index contributed by atoms with van der Waals surface area (Å²) in [6, 6.07) is 4.22. The average Bonchev–Trinajstić information content (AvgIpc) is 3.25. The van der Waals surface area contributed by atoms with Crippen LogP contribution in [-0.2, 0) is 0 Å². The molecular weight excluding hydrogens is 302 g/mol. The zero-order chi connectivity index (χ0) is 16.8. The normalized spacial score (nSPS) is 19.7. The highest BCUT2D eigenvalue weighted by Crippen LogP contribution is 2.28. The van der Waals surface area contributed by atoms with Crippen LogP contribution in [0.3, 0.4) is 0 Å². The molecule has 2 aromatic rings. The Morgan fingerprint density at radius 2 is 1.54 bits per heavy atom. The lowest BCUT2D eigenvalue weighted by Crippen LogP contribution is -2.16. The highest BCUT2D eigenvalue weighted by Gasteiger charge is 2.17. The van der Waals surface area contributed by atoms with Crippen LogP contribution < -0.4 is 5.59 Å². The zero-order valence-corrected chi connectivity index (χ0v) is 14.3. The Balaban J connectivity index is 0.000000141. The number of rotatable bonds is 2. The lowest BCUT2D eigenvalue weighted by atomic mass is 9.96. The molecular formula is C18H26BFN4. The van der Waals surface area contributed by atoms with Crippen molar-refractivity contribution < 1.29 is 4.39 Å². The van der Waals surface area contributed by atoms with Gasteiger partial charge in [-0.1, -0.05) is 38.5 Å². The van der Waals surface area contributed by atoms with E-state index in [9.17, 15) is 4.39 Å². The quantitative estimate of drug-likeness (QED) is 0.788. The molecule has 0 aromatic carbocycles. The van der Waals surface area contributed by atoms with E-state index in [1.165, 1.54) is 68.3 Å². The molecule has 6 heteroatoms. The Bertz CT molecular complexity index is 612. The van der Waals surface area contributed by atoms with Crippen molar-refractivity contribution >= 4 is 13.4 Å². The minimum absolute atomic E-state index is 0.193. The Kier molecular flexibility index (Phi) is 6.10. The topological polar surface area (TPSA) is 35.6 Å². The van der Waals surface area contributed by atoms with Crippen molar-refractivity contribution in [2.75, 3.05) is 0 Å². The number of hydrogen-bond acceptors (Lipinski definition) is 2. The summed E-state index contributed by atoms with van der Waals surface area (Å²) in [5.74, 6) is -0.193. The van der Waals surface area contributed by atoms with Gasteiger partial charge in [-0.25, -0.2) is 4.68 Å². The van der Waals surface area contributed by atoms with Crippen molar-refractivity contribution in [3.05, 3.63) is 30.5 Å². The van der Waals surface area contributed by atoms with E-state index < -0.39 is 0 Å².